The van der Waals surface area contributed by atoms with Crippen LogP contribution < -0.4 is 9.64 Å². The largest absolute Gasteiger partial charge is 0.473 e. The lowest BCUT2D eigenvalue weighted by molar-refractivity contribution is -0.0254. The van der Waals surface area contributed by atoms with E-state index in [4.69, 9.17) is 19.2 Å². The molecule has 10 nitrogen and oxygen atoms in total. The molecule has 0 bridgehead atoms. The lowest BCUT2D eigenvalue weighted by atomic mass is 10.1. The zero-order valence-electron chi connectivity index (χ0n) is 20.0. The van der Waals surface area contributed by atoms with Gasteiger partial charge in [-0.2, -0.15) is 4.31 Å². The van der Waals surface area contributed by atoms with E-state index in [9.17, 15) is 8.42 Å². The van der Waals surface area contributed by atoms with Crippen LogP contribution in [0.15, 0.2) is 42.7 Å². The van der Waals surface area contributed by atoms with Crippen LogP contribution in [0.5, 0.6) is 5.88 Å². The van der Waals surface area contributed by atoms with Gasteiger partial charge in [-0.1, -0.05) is 12.1 Å². The molecule has 4 heterocycles. The summed E-state index contributed by atoms with van der Waals surface area (Å²) in [7, 11) is -3.24. The molecule has 36 heavy (non-hydrogen) atoms. The first-order chi connectivity index (χ1) is 17.6. The maximum atomic E-state index is 12.7. The summed E-state index contributed by atoms with van der Waals surface area (Å²) in [6, 6.07) is 10.2. The molecule has 1 unspecified atom stereocenters. The summed E-state index contributed by atoms with van der Waals surface area (Å²) >= 11 is 0. The summed E-state index contributed by atoms with van der Waals surface area (Å²) in [5.41, 5.74) is 4.06. The highest BCUT2D eigenvalue weighted by molar-refractivity contribution is 7.90. The monoisotopic (exact) mass is 511 g/mol. The van der Waals surface area contributed by atoms with Crippen molar-refractivity contribution < 1.29 is 22.6 Å². The molecule has 3 aliphatic rings. The van der Waals surface area contributed by atoms with Crippen molar-refractivity contribution >= 4 is 26.7 Å². The van der Waals surface area contributed by atoms with Gasteiger partial charge < -0.3 is 19.1 Å². The minimum Gasteiger partial charge on any atom is -0.473 e. The summed E-state index contributed by atoms with van der Waals surface area (Å²) < 4.78 is 44.2. The Balaban J connectivity index is 1.21. The second kappa shape index (κ2) is 9.89. The third-order valence-electron chi connectivity index (χ3n) is 6.78. The zero-order chi connectivity index (χ0) is 24.5. The number of aromatic nitrogens is 3. The Morgan fingerprint density at radius 3 is 2.56 bits per heavy atom. The predicted molar refractivity (Wildman–Crippen MR) is 135 cm³/mol. The highest BCUT2D eigenvalue weighted by atomic mass is 32.2. The van der Waals surface area contributed by atoms with Crippen LogP contribution in [0.25, 0.3) is 22.3 Å². The SMILES string of the molecule is O=S(=O)(C1CC1)N1CCOC(COc2nc(-c3ccc(N4CCOCC4)cc3)cc3nccnc23)C1. The van der Waals surface area contributed by atoms with E-state index in [2.05, 4.69) is 27.0 Å². The molecule has 3 aromatic rings. The Labute approximate surface area is 210 Å². The molecule has 6 rings (SSSR count). The molecule has 11 heteroatoms. The Hall–Kier alpha value is -2.86. The molecule has 0 spiro atoms. The maximum absolute atomic E-state index is 12.7. The van der Waals surface area contributed by atoms with E-state index in [1.54, 1.807) is 16.7 Å². The van der Waals surface area contributed by atoms with Crippen molar-refractivity contribution in [2.24, 2.45) is 0 Å². The molecule has 2 aromatic heterocycles. The molecule has 3 fully saturated rings. The second-order valence-electron chi connectivity index (χ2n) is 9.29. The average molecular weight is 512 g/mol. The molecule has 190 valence electrons. The molecule has 0 N–H and O–H groups in total. The van der Waals surface area contributed by atoms with Crippen LogP contribution in [0.3, 0.4) is 0 Å². The summed E-state index contributed by atoms with van der Waals surface area (Å²) in [6.45, 7) is 4.43. The topological polar surface area (TPSA) is 107 Å². The Morgan fingerprint density at radius 1 is 1.00 bits per heavy atom. The summed E-state index contributed by atoms with van der Waals surface area (Å²) in [5, 5.41) is -0.232. The van der Waals surface area contributed by atoms with Crippen LogP contribution in [0, 0.1) is 0 Å². The standard InChI is InChI=1S/C25H29N5O5S/c31-36(32,21-5-6-21)30-11-14-34-20(16-30)17-35-25-24-23(26-7-8-27-24)15-22(28-25)18-1-3-19(4-2-18)29-9-12-33-13-10-29/h1-4,7-8,15,20-21H,5-6,9-14,16-17H2. The number of hydrogen-bond donors (Lipinski definition) is 0. The van der Waals surface area contributed by atoms with E-state index in [1.807, 2.05) is 18.2 Å². The van der Waals surface area contributed by atoms with Gasteiger partial charge in [-0.3, -0.25) is 4.98 Å². The molecule has 0 amide bonds. The quantitative estimate of drug-likeness (QED) is 0.471. The molecule has 1 aliphatic carbocycles. The predicted octanol–water partition coefficient (Wildman–Crippen LogP) is 2.10. The molecule has 1 saturated carbocycles. The fourth-order valence-corrected chi connectivity index (χ4v) is 6.49. The van der Waals surface area contributed by atoms with Gasteiger partial charge in [0, 0.05) is 49.8 Å². The van der Waals surface area contributed by atoms with Crippen LogP contribution in [-0.2, 0) is 19.5 Å². The molecule has 2 aliphatic heterocycles. The van der Waals surface area contributed by atoms with E-state index < -0.39 is 10.0 Å². The van der Waals surface area contributed by atoms with Crippen molar-refractivity contribution in [1.82, 2.24) is 19.3 Å². The van der Waals surface area contributed by atoms with Gasteiger partial charge in [0.1, 0.15) is 12.7 Å². The average Bonchev–Trinajstić information content (AvgIpc) is 3.79. The minimum absolute atomic E-state index is 0.175. The molecular weight excluding hydrogens is 482 g/mol. The smallest absolute Gasteiger partial charge is 0.242 e. The van der Waals surface area contributed by atoms with Crippen molar-refractivity contribution in [2.75, 3.05) is 57.5 Å². The van der Waals surface area contributed by atoms with E-state index in [0.717, 1.165) is 56.1 Å². The second-order valence-corrected chi connectivity index (χ2v) is 11.5. The number of fused-ring (bicyclic) bond motifs is 1. The third kappa shape index (κ3) is 4.88. The van der Waals surface area contributed by atoms with E-state index >= 15 is 0 Å². The molecular formula is C25H29N5O5S. The summed E-state index contributed by atoms with van der Waals surface area (Å²) in [4.78, 5) is 15.9. The first-order valence-corrected chi connectivity index (χ1v) is 13.9. The number of nitrogens with zero attached hydrogens (tertiary/aromatic N) is 5. The van der Waals surface area contributed by atoms with E-state index in [-0.39, 0.29) is 24.5 Å². The molecule has 2 saturated heterocycles. The summed E-state index contributed by atoms with van der Waals surface area (Å²) in [5.74, 6) is 0.360. The fraction of sp³-hybridized carbons (Fsp3) is 0.480. The van der Waals surface area contributed by atoms with Gasteiger partial charge in [0.15, 0.2) is 5.52 Å². The van der Waals surface area contributed by atoms with Crippen molar-refractivity contribution in [1.29, 1.82) is 0 Å². The number of morpholine rings is 2. The Bertz CT molecular complexity index is 1330. The minimum atomic E-state index is -3.24. The van der Waals surface area contributed by atoms with Crippen molar-refractivity contribution in [2.45, 2.75) is 24.2 Å². The number of rotatable bonds is 7. The fourth-order valence-electron chi connectivity index (χ4n) is 4.63. The first-order valence-electron chi connectivity index (χ1n) is 12.4. The molecule has 1 atom stereocenters. The van der Waals surface area contributed by atoms with Gasteiger partial charge in [-0.15, -0.1) is 0 Å². The highest BCUT2D eigenvalue weighted by Crippen LogP contribution is 2.32. The van der Waals surface area contributed by atoms with Gasteiger partial charge in [-0.25, -0.2) is 18.4 Å². The Kier molecular flexibility index (Phi) is 6.46. The van der Waals surface area contributed by atoms with Crippen LogP contribution in [0.4, 0.5) is 5.69 Å². The van der Waals surface area contributed by atoms with Crippen molar-refractivity contribution in [3.8, 4) is 17.1 Å². The Morgan fingerprint density at radius 2 is 1.78 bits per heavy atom. The zero-order valence-corrected chi connectivity index (χ0v) is 20.8. The van der Waals surface area contributed by atoms with Crippen LogP contribution >= 0.6 is 0 Å². The number of pyridine rings is 1. The number of sulfonamides is 1. The van der Waals surface area contributed by atoms with Gasteiger partial charge in [0.25, 0.3) is 0 Å². The lowest BCUT2D eigenvalue weighted by Gasteiger charge is -2.32. The van der Waals surface area contributed by atoms with Gasteiger partial charge in [0.05, 0.1) is 36.3 Å². The van der Waals surface area contributed by atoms with E-state index in [1.165, 1.54) is 0 Å². The number of ether oxygens (including phenoxy) is 3. The molecule has 1 aromatic carbocycles. The molecule has 0 radical (unpaired) electrons. The van der Waals surface area contributed by atoms with Gasteiger partial charge >= 0.3 is 0 Å². The van der Waals surface area contributed by atoms with Gasteiger partial charge in [-0.05, 0) is 31.0 Å². The third-order valence-corrected chi connectivity index (χ3v) is 9.14. The summed E-state index contributed by atoms with van der Waals surface area (Å²) in [6.07, 6.45) is 4.36. The van der Waals surface area contributed by atoms with Crippen LogP contribution in [0.2, 0.25) is 0 Å². The van der Waals surface area contributed by atoms with Crippen LogP contribution in [0.1, 0.15) is 12.8 Å². The highest BCUT2D eigenvalue weighted by Gasteiger charge is 2.42. The first kappa shape index (κ1) is 23.5. The number of hydrogen-bond acceptors (Lipinski definition) is 9. The van der Waals surface area contributed by atoms with Crippen molar-refractivity contribution in [3.63, 3.8) is 0 Å². The maximum Gasteiger partial charge on any atom is 0.242 e. The van der Waals surface area contributed by atoms with E-state index in [0.29, 0.717) is 30.1 Å². The van der Waals surface area contributed by atoms with Crippen LogP contribution in [-0.4, -0.2) is 91.6 Å². The lowest BCUT2D eigenvalue weighted by Crippen LogP contribution is -2.48. The van der Waals surface area contributed by atoms with Gasteiger partial charge in [0.2, 0.25) is 15.9 Å². The number of benzene rings is 1. The number of anilines is 1. The normalized spacial score (nSPS) is 21.6. The van der Waals surface area contributed by atoms with Crippen molar-refractivity contribution in [3.05, 3.63) is 42.7 Å².